The standard InChI is InChI=1S/C20H34Cl4O4/c1-17(2,19(21,22)15(25)26)13-11-9-7-5-6-8-10-12-14-18(3,4)20(23,24)16(27)28/h5-14H2,1-4H3,(H,25,26)(H,27,28). The van der Waals surface area contributed by atoms with E-state index in [1.807, 2.05) is 0 Å². The number of carbonyl (C=O) groups is 2. The SMILES string of the molecule is CC(C)(CCCCCCCCCCC(C)(C)C(Cl)(Cl)C(=O)O)C(Cl)(Cl)C(=O)O. The number of aliphatic carboxylic acids is 2. The Labute approximate surface area is 189 Å². The van der Waals surface area contributed by atoms with Crippen LogP contribution in [0.3, 0.4) is 0 Å². The van der Waals surface area contributed by atoms with Crippen LogP contribution >= 0.6 is 46.4 Å². The first-order valence-electron chi connectivity index (χ1n) is 9.82. The van der Waals surface area contributed by atoms with Gasteiger partial charge < -0.3 is 10.2 Å². The first-order valence-corrected chi connectivity index (χ1v) is 11.3. The average Bonchev–Trinajstić information content (AvgIpc) is 2.55. The van der Waals surface area contributed by atoms with Gasteiger partial charge in [0.05, 0.1) is 0 Å². The Balaban J connectivity index is 3.90. The second kappa shape index (κ2) is 11.5. The van der Waals surface area contributed by atoms with Crippen molar-refractivity contribution >= 4 is 58.3 Å². The van der Waals surface area contributed by atoms with E-state index in [1.165, 1.54) is 0 Å². The van der Waals surface area contributed by atoms with Crippen molar-refractivity contribution in [3.05, 3.63) is 0 Å². The molecule has 0 saturated heterocycles. The smallest absolute Gasteiger partial charge is 0.340 e. The van der Waals surface area contributed by atoms with Gasteiger partial charge in [0.1, 0.15) is 0 Å². The molecule has 0 spiro atoms. The van der Waals surface area contributed by atoms with Gasteiger partial charge in [-0.05, 0) is 12.8 Å². The van der Waals surface area contributed by atoms with E-state index in [-0.39, 0.29) is 0 Å². The van der Waals surface area contributed by atoms with E-state index in [0.29, 0.717) is 12.8 Å². The quantitative estimate of drug-likeness (QED) is 0.189. The third-order valence-corrected chi connectivity index (χ3v) is 8.28. The zero-order valence-corrected chi connectivity index (χ0v) is 20.3. The van der Waals surface area contributed by atoms with Gasteiger partial charge in [-0.15, -0.1) is 0 Å². The third kappa shape index (κ3) is 8.08. The monoisotopic (exact) mass is 478 g/mol. The number of hydrogen-bond donors (Lipinski definition) is 2. The van der Waals surface area contributed by atoms with Crippen LogP contribution < -0.4 is 0 Å². The Morgan fingerprint density at radius 1 is 0.571 bits per heavy atom. The Morgan fingerprint density at radius 3 is 1.00 bits per heavy atom. The summed E-state index contributed by atoms with van der Waals surface area (Å²) >= 11 is 23.9. The molecule has 0 fully saturated rings. The lowest BCUT2D eigenvalue weighted by Crippen LogP contribution is -2.41. The number of hydrogen-bond acceptors (Lipinski definition) is 2. The van der Waals surface area contributed by atoms with Gasteiger partial charge in [-0.1, -0.05) is 125 Å². The normalized spacial score (nSPS) is 13.6. The molecule has 166 valence electrons. The molecular formula is C20H34Cl4O4. The predicted octanol–water partition coefficient (Wildman–Crippen LogP) is 7.46. The Bertz CT molecular complexity index is 470. The highest BCUT2D eigenvalue weighted by atomic mass is 35.5. The van der Waals surface area contributed by atoms with Gasteiger partial charge in [0.15, 0.2) is 0 Å². The molecule has 0 rings (SSSR count). The summed E-state index contributed by atoms with van der Waals surface area (Å²) in [6, 6.07) is 0. The maximum absolute atomic E-state index is 11.2. The minimum Gasteiger partial charge on any atom is -0.479 e. The molecule has 0 aliphatic rings. The first kappa shape index (κ1) is 28.1. The van der Waals surface area contributed by atoms with Gasteiger partial charge in [-0.2, -0.15) is 0 Å². The van der Waals surface area contributed by atoms with Crippen molar-refractivity contribution in [2.45, 2.75) is 101 Å². The predicted molar refractivity (Wildman–Crippen MR) is 118 cm³/mol. The second-order valence-corrected chi connectivity index (χ2v) is 11.5. The van der Waals surface area contributed by atoms with Gasteiger partial charge in [-0.3, -0.25) is 0 Å². The molecule has 0 aromatic rings. The molecular weight excluding hydrogens is 446 g/mol. The van der Waals surface area contributed by atoms with Crippen molar-refractivity contribution in [3.8, 4) is 0 Å². The molecule has 0 heterocycles. The fraction of sp³-hybridized carbons (Fsp3) is 0.900. The van der Waals surface area contributed by atoms with Gasteiger partial charge in [-0.25, -0.2) is 9.59 Å². The number of rotatable bonds is 15. The largest absolute Gasteiger partial charge is 0.479 e. The minimum atomic E-state index is -1.77. The summed E-state index contributed by atoms with van der Waals surface area (Å²) in [5.74, 6) is -2.40. The summed E-state index contributed by atoms with van der Waals surface area (Å²) in [4.78, 5) is 22.3. The molecule has 0 unspecified atom stereocenters. The zero-order valence-electron chi connectivity index (χ0n) is 17.3. The van der Waals surface area contributed by atoms with E-state index in [2.05, 4.69) is 0 Å². The molecule has 0 aliphatic heterocycles. The van der Waals surface area contributed by atoms with Crippen LogP contribution in [0.2, 0.25) is 0 Å². The summed E-state index contributed by atoms with van der Waals surface area (Å²) in [7, 11) is 0. The van der Waals surface area contributed by atoms with E-state index < -0.39 is 31.4 Å². The Morgan fingerprint density at radius 2 is 0.786 bits per heavy atom. The van der Waals surface area contributed by atoms with E-state index in [0.717, 1.165) is 51.4 Å². The van der Waals surface area contributed by atoms with Crippen LogP contribution in [-0.2, 0) is 9.59 Å². The highest BCUT2D eigenvalue weighted by Crippen LogP contribution is 2.45. The van der Waals surface area contributed by atoms with Gasteiger partial charge in [0.25, 0.3) is 0 Å². The van der Waals surface area contributed by atoms with Crippen LogP contribution in [-0.4, -0.2) is 30.8 Å². The molecule has 4 nitrogen and oxygen atoms in total. The Kier molecular flexibility index (Phi) is 11.5. The van der Waals surface area contributed by atoms with Crippen molar-refractivity contribution in [3.63, 3.8) is 0 Å². The summed E-state index contributed by atoms with van der Waals surface area (Å²) in [6.07, 6.45) is 9.50. The molecule has 0 bridgehead atoms. The highest BCUT2D eigenvalue weighted by Gasteiger charge is 2.49. The maximum atomic E-state index is 11.2. The van der Waals surface area contributed by atoms with E-state index in [9.17, 15) is 9.59 Å². The van der Waals surface area contributed by atoms with Crippen LogP contribution in [0.1, 0.15) is 91.9 Å². The lowest BCUT2D eigenvalue weighted by Gasteiger charge is -2.34. The van der Waals surface area contributed by atoms with Crippen molar-refractivity contribution < 1.29 is 19.8 Å². The second-order valence-electron chi connectivity index (χ2n) is 8.86. The molecule has 8 heteroatoms. The molecule has 0 amide bonds. The number of carboxylic acids is 2. The number of carboxylic acid groups (broad SMARTS) is 2. The van der Waals surface area contributed by atoms with Crippen molar-refractivity contribution in [1.82, 2.24) is 0 Å². The third-order valence-electron chi connectivity index (χ3n) is 5.59. The molecule has 0 aliphatic carbocycles. The van der Waals surface area contributed by atoms with Crippen LogP contribution in [0.5, 0.6) is 0 Å². The summed E-state index contributed by atoms with van der Waals surface area (Å²) in [5.41, 5.74) is -1.38. The zero-order chi connectivity index (χ0) is 22.2. The number of unbranched alkanes of at least 4 members (excludes halogenated alkanes) is 7. The van der Waals surface area contributed by atoms with Crippen LogP contribution in [0, 0.1) is 10.8 Å². The van der Waals surface area contributed by atoms with Gasteiger partial charge in [0, 0.05) is 10.8 Å². The molecule has 28 heavy (non-hydrogen) atoms. The molecule has 2 N–H and O–H groups in total. The van der Waals surface area contributed by atoms with Crippen molar-refractivity contribution in [1.29, 1.82) is 0 Å². The Hall–Kier alpha value is 0.1000. The lowest BCUT2D eigenvalue weighted by atomic mass is 9.82. The summed E-state index contributed by atoms with van der Waals surface area (Å²) in [5, 5.41) is 18.3. The number of halogens is 4. The van der Waals surface area contributed by atoms with E-state index >= 15 is 0 Å². The fourth-order valence-corrected chi connectivity index (χ4v) is 3.47. The summed E-state index contributed by atoms with van der Waals surface area (Å²) < 4.78 is -3.55. The van der Waals surface area contributed by atoms with Crippen LogP contribution in [0.25, 0.3) is 0 Å². The van der Waals surface area contributed by atoms with Crippen molar-refractivity contribution in [2.75, 3.05) is 0 Å². The number of alkyl halides is 4. The van der Waals surface area contributed by atoms with Gasteiger partial charge >= 0.3 is 11.9 Å². The van der Waals surface area contributed by atoms with Crippen LogP contribution in [0.15, 0.2) is 0 Å². The average molecular weight is 480 g/mol. The molecule has 0 atom stereocenters. The van der Waals surface area contributed by atoms with E-state index in [4.69, 9.17) is 56.6 Å². The molecule has 0 saturated carbocycles. The molecule has 0 aromatic carbocycles. The topological polar surface area (TPSA) is 74.6 Å². The van der Waals surface area contributed by atoms with E-state index in [1.54, 1.807) is 27.7 Å². The fourth-order valence-electron chi connectivity index (χ4n) is 3.09. The van der Waals surface area contributed by atoms with Gasteiger partial charge in [0.2, 0.25) is 8.67 Å². The van der Waals surface area contributed by atoms with Crippen LogP contribution in [0.4, 0.5) is 0 Å². The highest BCUT2D eigenvalue weighted by molar-refractivity contribution is 6.58. The first-order chi connectivity index (χ1) is 12.6. The minimum absolute atomic E-state index is 0.656. The molecule has 0 aromatic heterocycles. The van der Waals surface area contributed by atoms with Crippen molar-refractivity contribution in [2.24, 2.45) is 10.8 Å². The summed E-state index contributed by atoms with van der Waals surface area (Å²) in [6.45, 7) is 7.12. The lowest BCUT2D eigenvalue weighted by molar-refractivity contribution is -0.141. The maximum Gasteiger partial charge on any atom is 0.340 e. The molecule has 0 radical (unpaired) electrons.